The summed E-state index contributed by atoms with van der Waals surface area (Å²) in [6.07, 6.45) is 48.8. The van der Waals surface area contributed by atoms with Gasteiger partial charge in [0.15, 0.2) is 45.9 Å². The molecule has 0 saturated heterocycles. The molecule has 0 atom stereocenters. The molecule has 24 aromatic heterocycles. The summed E-state index contributed by atoms with van der Waals surface area (Å²) >= 11 is 0. The minimum Gasteiger partial charge on any atom is -0.472 e. The molecular formula is C90H64N30O5. The van der Waals surface area contributed by atoms with Gasteiger partial charge in [0, 0.05) is 188 Å². The number of amides is 1. The highest BCUT2D eigenvalue weighted by atomic mass is 16.3. The topological polar surface area (TPSA) is 492 Å². The second-order valence-electron chi connectivity index (χ2n) is 29.5. The Morgan fingerprint density at radius 1 is 0.360 bits per heavy atom. The number of furan rings is 4. The molecule has 604 valence electrons. The van der Waals surface area contributed by atoms with Gasteiger partial charge in [-0.25, -0.2) is 39.9 Å². The number of anilines is 2. The number of rotatable bonds is 15. The van der Waals surface area contributed by atoms with E-state index in [0.29, 0.717) is 69.4 Å². The smallest absolute Gasteiger partial charge is 0.224 e. The molecule has 125 heavy (non-hydrogen) atoms. The number of nitrogen functional groups attached to an aromatic ring is 1. The molecule has 0 aliphatic rings. The van der Waals surface area contributed by atoms with E-state index in [2.05, 4.69) is 139 Å². The molecule has 35 nitrogen and oxygen atoms in total. The van der Waals surface area contributed by atoms with Gasteiger partial charge in [-0.2, -0.15) is 20.4 Å². The molecule has 0 bridgehead atoms. The third kappa shape index (κ3) is 14.5. The standard InChI is InChI=1S/C26H22N8O2.C22H15N7O.C21H14N8O.C21H13N7O/c1-14(2)5-22(35)30-18-6-16(8-27-10-18)17-7-19-24(33-34-25(19)29-9-17)26-31-21-12-28-11-20(23(21)32-26)15-3-4-36-13-15;1-12-2-4-23-8-16(12)14-6-15-20(28-29-21(15)25-7-14)22-26-18-10-24-9-17(19(18)27-22)13-3-5-30-11-13;22-14-3-12(5-23-7-14)13-4-15-19(28-29-20(15)25-6-13)21-26-17-9-24-8-16(18(17)27-21)11-1-2-30-10-11;1-2-12(7-22-4-1)14-6-15-19(27-28-20(15)24-8-14)21-25-17-10-23-9-16(18(17)26-21)13-3-5-29-11-13/h3-4,6-14H,5H2,1-2H3,(H,30,35)(H,31,32)(H,29,33,34);2-11H,1H3,(H,26,27)(H,25,28,29);1-10H,22H2,(H,26,27)(H,25,28,29);1-11H,(H,25,26)(H,24,27,28). The number of imidazole rings is 4. The average molecular weight is 1650 g/mol. The first-order valence-corrected chi connectivity index (χ1v) is 39.1. The van der Waals surface area contributed by atoms with E-state index in [9.17, 15) is 4.79 Å². The highest BCUT2D eigenvalue weighted by molar-refractivity contribution is 6.02. The third-order valence-corrected chi connectivity index (χ3v) is 20.9. The molecule has 35 heteroatoms. The summed E-state index contributed by atoms with van der Waals surface area (Å²) in [5, 5.41) is 35.9. The zero-order valence-electron chi connectivity index (χ0n) is 66.0. The van der Waals surface area contributed by atoms with Gasteiger partial charge in [-0.1, -0.05) is 19.9 Å². The maximum atomic E-state index is 12.2. The van der Waals surface area contributed by atoms with Crippen LogP contribution in [0, 0.1) is 12.8 Å². The number of hydrogen-bond acceptors (Lipinski definition) is 26. The number of fused-ring (bicyclic) bond motifs is 8. The van der Waals surface area contributed by atoms with Crippen LogP contribution >= 0.6 is 0 Å². The third-order valence-electron chi connectivity index (χ3n) is 20.9. The van der Waals surface area contributed by atoms with Crippen LogP contribution in [0.1, 0.15) is 25.8 Å². The SMILES string of the molecule is CC(C)CC(=O)Nc1cncc(-c2cnc3n[nH]c(-c4nc5c(-c6ccoc6)cncc5[nH]4)c3c2)c1.Cc1ccncc1-c1cnc2n[nH]c(-c3nc4c(-c5ccoc5)cncc4[nH]3)c2c1.Nc1cncc(-c2cnc3n[nH]c(-c4nc5c(-c6ccoc6)cncc5[nH]4)c3c2)c1.c1cncc(-c2cnc3n[nH]c(-c4nc5c(-c6ccoc6)cncc5[nH]4)c3c2)c1. The van der Waals surface area contributed by atoms with E-state index in [1.54, 1.807) is 155 Å². The van der Waals surface area contributed by atoms with Gasteiger partial charge in [-0.05, 0) is 91.2 Å². The van der Waals surface area contributed by atoms with Crippen LogP contribution in [0.2, 0.25) is 0 Å². The predicted octanol–water partition coefficient (Wildman–Crippen LogP) is 17.7. The van der Waals surface area contributed by atoms with E-state index in [1.807, 2.05) is 105 Å². The van der Waals surface area contributed by atoms with Crippen molar-refractivity contribution in [2.45, 2.75) is 27.2 Å². The summed E-state index contributed by atoms with van der Waals surface area (Å²) in [4.78, 5) is 97.0. The van der Waals surface area contributed by atoms with Crippen molar-refractivity contribution in [2.24, 2.45) is 5.92 Å². The number of aromatic amines is 8. The largest absolute Gasteiger partial charge is 0.472 e. The molecule has 0 aliphatic carbocycles. The Balaban J connectivity index is 0.000000102. The van der Waals surface area contributed by atoms with E-state index in [0.717, 1.165) is 177 Å². The maximum Gasteiger partial charge on any atom is 0.224 e. The lowest BCUT2D eigenvalue weighted by molar-refractivity contribution is -0.116. The fourth-order valence-corrected chi connectivity index (χ4v) is 14.8. The summed E-state index contributed by atoms with van der Waals surface area (Å²) in [7, 11) is 0. The molecule has 0 spiro atoms. The number of H-pyrrole nitrogens is 8. The molecule has 1 amide bonds. The molecule has 24 heterocycles. The van der Waals surface area contributed by atoms with Crippen molar-refractivity contribution < 1.29 is 22.5 Å². The van der Waals surface area contributed by atoms with Crippen molar-refractivity contribution in [2.75, 3.05) is 11.1 Å². The first kappa shape index (κ1) is 74.5. The van der Waals surface area contributed by atoms with E-state index in [1.165, 1.54) is 0 Å². The van der Waals surface area contributed by atoms with Crippen molar-refractivity contribution in [1.82, 2.24) is 140 Å². The Kier molecular flexibility index (Phi) is 18.9. The Labute approximate surface area is 702 Å². The lowest BCUT2D eigenvalue weighted by Gasteiger charge is -2.08. The number of nitrogens with two attached hydrogens (primary N) is 1. The minimum absolute atomic E-state index is 0.0381. The van der Waals surface area contributed by atoms with E-state index < -0.39 is 0 Å². The molecule has 0 saturated carbocycles. The van der Waals surface area contributed by atoms with Gasteiger partial charge >= 0.3 is 0 Å². The molecule has 0 fully saturated rings. The minimum atomic E-state index is -0.0381. The monoisotopic (exact) mass is 1640 g/mol. The second kappa shape index (κ2) is 31.7. The van der Waals surface area contributed by atoms with Gasteiger partial charge in [0.25, 0.3) is 0 Å². The van der Waals surface area contributed by atoms with E-state index in [-0.39, 0.29) is 11.8 Å². The number of aryl methyl sites for hydroxylation is 1. The van der Waals surface area contributed by atoms with Gasteiger partial charge in [0.2, 0.25) is 5.91 Å². The summed E-state index contributed by atoms with van der Waals surface area (Å²) in [6.45, 7) is 6.07. The predicted molar refractivity (Wildman–Crippen MR) is 468 cm³/mol. The number of pyridine rings is 12. The maximum absolute atomic E-state index is 12.2. The van der Waals surface area contributed by atoms with Crippen LogP contribution in [0.3, 0.4) is 0 Å². The summed E-state index contributed by atoms with van der Waals surface area (Å²) in [5.74, 6) is 2.85. The van der Waals surface area contributed by atoms with Gasteiger partial charge in [0.1, 0.15) is 44.8 Å². The molecule has 0 radical (unpaired) electrons. The van der Waals surface area contributed by atoms with Crippen LogP contribution in [-0.4, -0.2) is 146 Å². The number of nitrogens with one attached hydrogen (secondary N) is 9. The second-order valence-corrected chi connectivity index (χ2v) is 29.5. The number of carbonyl (C=O) groups excluding carboxylic acids is 1. The van der Waals surface area contributed by atoms with Crippen molar-refractivity contribution in [3.63, 3.8) is 0 Å². The normalized spacial score (nSPS) is 11.5. The summed E-state index contributed by atoms with van der Waals surface area (Å²) in [6, 6.07) is 25.3. The number of hydrogen-bond donors (Lipinski definition) is 10. The fraction of sp³-hybridized carbons (Fsp3) is 0.0556. The highest BCUT2D eigenvalue weighted by Crippen LogP contribution is 2.39. The quantitative estimate of drug-likeness (QED) is 0.0456. The Morgan fingerprint density at radius 2 is 0.712 bits per heavy atom. The van der Waals surface area contributed by atoms with Crippen LogP contribution in [0.25, 0.3) is 223 Å². The molecule has 24 rings (SSSR count). The first-order chi connectivity index (χ1) is 61.4. The molecule has 0 unspecified atom stereocenters. The Hall–Kier alpha value is -18.1. The zero-order valence-corrected chi connectivity index (χ0v) is 66.0. The number of carbonyl (C=O) groups is 1. The van der Waals surface area contributed by atoms with Crippen molar-refractivity contribution in [1.29, 1.82) is 0 Å². The van der Waals surface area contributed by atoms with Crippen LogP contribution in [0.15, 0.2) is 271 Å². The summed E-state index contributed by atoms with van der Waals surface area (Å²) in [5.41, 5.74) is 34.8. The Bertz CT molecular complexity index is 8060. The van der Waals surface area contributed by atoms with Crippen LogP contribution in [0.5, 0.6) is 0 Å². The van der Waals surface area contributed by atoms with Crippen molar-refractivity contribution >= 4 is 106 Å². The first-order valence-electron chi connectivity index (χ1n) is 39.1. The van der Waals surface area contributed by atoms with Gasteiger partial charge in [-0.3, -0.25) is 65.1 Å². The van der Waals surface area contributed by atoms with Gasteiger partial charge < -0.3 is 48.7 Å². The molecular weight excluding hydrogens is 1580 g/mol. The fourth-order valence-electron chi connectivity index (χ4n) is 14.8. The Morgan fingerprint density at radius 3 is 1.09 bits per heavy atom. The van der Waals surface area contributed by atoms with E-state index >= 15 is 0 Å². The van der Waals surface area contributed by atoms with Crippen LogP contribution in [-0.2, 0) is 4.79 Å². The van der Waals surface area contributed by atoms with Crippen LogP contribution < -0.4 is 11.1 Å². The lowest BCUT2D eigenvalue weighted by atomic mass is 10.0. The molecule has 0 aromatic carbocycles. The number of aromatic nitrogens is 28. The van der Waals surface area contributed by atoms with Crippen molar-refractivity contribution in [3.05, 3.63) is 258 Å². The average Bonchev–Trinajstić information content (AvgIpc) is 1.63. The van der Waals surface area contributed by atoms with E-state index in [4.69, 9.17) is 43.3 Å². The number of nitrogens with zero attached hydrogens (tertiary/aromatic N) is 20. The zero-order chi connectivity index (χ0) is 84.0. The molecule has 0 aliphatic heterocycles. The summed E-state index contributed by atoms with van der Waals surface area (Å²) < 4.78 is 20.9. The van der Waals surface area contributed by atoms with Crippen LogP contribution in [0.4, 0.5) is 11.4 Å². The van der Waals surface area contributed by atoms with Crippen molar-refractivity contribution in [3.8, 4) is 135 Å². The highest BCUT2D eigenvalue weighted by Gasteiger charge is 2.24. The van der Waals surface area contributed by atoms with Gasteiger partial charge in [0.05, 0.1) is 136 Å². The molecule has 11 N–H and O–H groups in total. The molecule has 24 aromatic rings. The lowest BCUT2D eigenvalue weighted by Crippen LogP contribution is -2.13. The van der Waals surface area contributed by atoms with Gasteiger partial charge in [-0.15, -0.1) is 0 Å².